The molecule has 122 valence electrons. The fourth-order valence-electron chi connectivity index (χ4n) is 2.67. The van der Waals surface area contributed by atoms with Crippen LogP contribution in [0.5, 0.6) is 0 Å². The molecule has 0 aromatic carbocycles. The van der Waals surface area contributed by atoms with Crippen LogP contribution in [0.2, 0.25) is 0 Å². The lowest BCUT2D eigenvalue weighted by Crippen LogP contribution is -2.34. The largest absolute Gasteiger partial charge is 0.467 e. The zero-order chi connectivity index (χ0) is 16.2. The van der Waals surface area contributed by atoms with Crippen molar-refractivity contribution in [3.05, 3.63) is 40.2 Å². The van der Waals surface area contributed by atoms with Gasteiger partial charge in [0.15, 0.2) is 0 Å². The van der Waals surface area contributed by atoms with E-state index in [-0.39, 0.29) is 24.2 Å². The number of aryl methyl sites for hydroxylation is 1. The number of hydrogen-bond donors (Lipinski definition) is 1. The van der Waals surface area contributed by atoms with E-state index in [9.17, 15) is 9.59 Å². The number of likely N-dealkylation sites (tertiary alicyclic amines) is 1. The number of rotatable bonds is 6. The van der Waals surface area contributed by atoms with Crippen molar-refractivity contribution < 1.29 is 14.0 Å². The lowest BCUT2D eigenvalue weighted by Gasteiger charge is -2.15. The minimum atomic E-state index is -0.283. The Bertz CT molecular complexity index is 681. The van der Waals surface area contributed by atoms with Crippen LogP contribution in [0.3, 0.4) is 0 Å². The predicted molar refractivity (Wildman–Crippen MR) is 85.8 cm³/mol. The van der Waals surface area contributed by atoms with Gasteiger partial charge in [0.25, 0.3) is 0 Å². The monoisotopic (exact) mass is 333 g/mol. The third-order valence-electron chi connectivity index (χ3n) is 3.86. The first-order valence-corrected chi connectivity index (χ1v) is 8.48. The number of nitrogens with zero attached hydrogens (tertiary/aromatic N) is 2. The topological polar surface area (TPSA) is 75.4 Å². The van der Waals surface area contributed by atoms with Gasteiger partial charge in [0, 0.05) is 31.3 Å². The van der Waals surface area contributed by atoms with Crippen molar-refractivity contribution in [2.75, 3.05) is 13.1 Å². The number of aromatic nitrogens is 1. The van der Waals surface area contributed by atoms with Crippen molar-refractivity contribution in [2.24, 2.45) is 5.92 Å². The first-order chi connectivity index (χ1) is 11.1. The van der Waals surface area contributed by atoms with Crippen LogP contribution in [0.1, 0.15) is 22.9 Å². The molecule has 1 saturated heterocycles. The molecule has 0 radical (unpaired) electrons. The van der Waals surface area contributed by atoms with Crippen LogP contribution in [0.4, 0.5) is 0 Å². The molecule has 2 aromatic rings. The van der Waals surface area contributed by atoms with Gasteiger partial charge in [-0.05, 0) is 19.1 Å². The van der Waals surface area contributed by atoms with Crippen molar-refractivity contribution >= 4 is 23.2 Å². The molecular weight excluding hydrogens is 314 g/mol. The molecule has 1 aliphatic rings. The quantitative estimate of drug-likeness (QED) is 0.874. The van der Waals surface area contributed by atoms with Crippen LogP contribution < -0.4 is 5.32 Å². The molecule has 23 heavy (non-hydrogen) atoms. The molecule has 1 fully saturated rings. The van der Waals surface area contributed by atoms with Crippen LogP contribution >= 0.6 is 11.3 Å². The summed E-state index contributed by atoms with van der Waals surface area (Å²) in [5, 5.41) is 5.94. The molecule has 0 bridgehead atoms. The number of furan rings is 1. The first-order valence-electron chi connectivity index (χ1n) is 7.60. The van der Waals surface area contributed by atoms with E-state index >= 15 is 0 Å². The molecule has 2 amide bonds. The minimum Gasteiger partial charge on any atom is -0.467 e. The summed E-state index contributed by atoms with van der Waals surface area (Å²) in [6, 6.07) is 3.62. The van der Waals surface area contributed by atoms with E-state index in [0.29, 0.717) is 26.1 Å². The summed E-state index contributed by atoms with van der Waals surface area (Å²) >= 11 is 1.61. The summed E-state index contributed by atoms with van der Waals surface area (Å²) < 4.78 is 5.25. The molecule has 0 spiro atoms. The molecule has 0 aliphatic carbocycles. The number of hydrogen-bond acceptors (Lipinski definition) is 5. The zero-order valence-electron chi connectivity index (χ0n) is 12.9. The van der Waals surface area contributed by atoms with Gasteiger partial charge in [-0.25, -0.2) is 4.98 Å². The highest BCUT2D eigenvalue weighted by molar-refractivity contribution is 7.09. The molecule has 1 atom stereocenters. The normalized spacial score (nSPS) is 17.7. The van der Waals surface area contributed by atoms with E-state index in [2.05, 4.69) is 10.3 Å². The summed E-state index contributed by atoms with van der Waals surface area (Å²) in [4.78, 5) is 30.3. The summed E-state index contributed by atoms with van der Waals surface area (Å²) in [6.45, 7) is 3.38. The Morgan fingerprint density at radius 3 is 3.13 bits per heavy atom. The molecular formula is C16H19N3O3S. The maximum Gasteiger partial charge on any atom is 0.225 e. The maximum atomic E-state index is 12.2. The average molecular weight is 333 g/mol. The van der Waals surface area contributed by atoms with E-state index in [1.165, 1.54) is 0 Å². The van der Waals surface area contributed by atoms with Crippen LogP contribution in [0, 0.1) is 12.8 Å². The van der Waals surface area contributed by atoms with Crippen molar-refractivity contribution in [3.63, 3.8) is 0 Å². The van der Waals surface area contributed by atoms with E-state index in [4.69, 9.17) is 4.42 Å². The molecule has 0 unspecified atom stereocenters. The standard InChI is InChI=1S/C16H19N3O3S/c1-11-18-13(10-23-11)4-5-17-16(21)12-7-15(20)19(8-12)9-14-3-2-6-22-14/h2-3,6,10,12H,4-5,7-9H2,1H3,(H,17,21)/t12-/m0/s1. The first kappa shape index (κ1) is 15.7. The third kappa shape index (κ3) is 3.98. The Labute approximate surface area is 138 Å². The Kier molecular flexibility index (Phi) is 4.76. The van der Waals surface area contributed by atoms with Crippen molar-refractivity contribution in [1.82, 2.24) is 15.2 Å². The highest BCUT2D eigenvalue weighted by atomic mass is 32.1. The Balaban J connectivity index is 1.45. The van der Waals surface area contributed by atoms with Gasteiger partial charge in [0.2, 0.25) is 11.8 Å². The summed E-state index contributed by atoms with van der Waals surface area (Å²) in [5.74, 6) is 0.386. The predicted octanol–water partition coefficient (Wildman–Crippen LogP) is 1.75. The van der Waals surface area contributed by atoms with E-state index in [1.54, 1.807) is 28.6 Å². The lowest BCUT2D eigenvalue weighted by atomic mass is 10.1. The molecule has 0 saturated carbocycles. The highest BCUT2D eigenvalue weighted by Gasteiger charge is 2.34. The SMILES string of the molecule is Cc1nc(CCNC(=O)[C@H]2CC(=O)N(Cc3ccco3)C2)cs1. The Morgan fingerprint density at radius 2 is 2.43 bits per heavy atom. The van der Waals surface area contributed by atoms with Gasteiger partial charge in [0.1, 0.15) is 5.76 Å². The minimum absolute atomic E-state index is 0.00308. The number of amides is 2. The molecule has 6 nitrogen and oxygen atoms in total. The van der Waals surface area contributed by atoms with Crippen LogP contribution in [0.25, 0.3) is 0 Å². The summed E-state index contributed by atoms with van der Waals surface area (Å²) in [5.41, 5.74) is 0.995. The highest BCUT2D eigenvalue weighted by Crippen LogP contribution is 2.20. The molecule has 1 aliphatic heterocycles. The summed E-state index contributed by atoms with van der Waals surface area (Å²) in [7, 11) is 0. The van der Waals surface area contributed by atoms with Crippen molar-refractivity contribution in [3.8, 4) is 0 Å². The maximum absolute atomic E-state index is 12.2. The van der Waals surface area contributed by atoms with Crippen LogP contribution in [-0.4, -0.2) is 34.8 Å². The molecule has 3 heterocycles. The fourth-order valence-corrected chi connectivity index (χ4v) is 3.32. The van der Waals surface area contributed by atoms with Gasteiger partial charge < -0.3 is 14.6 Å². The summed E-state index contributed by atoms with van der Waals surface area (Å²) in [6.07, 6.45) is 2.56. The van der Waals surface area contributed by atoms with Crippen LogP contribution in [0.15, 0.2) is 28.2 Å². The molecule has 7 heteroatoms. The molecule has 1 N–H and O–H groups in total. The van der Waals surface area contributed by atoms with Gasteiger partial charge in [-0.1, -0.05) is 0 Å². The number of carbonyl (C=O) groups is 2. The fraction of sp³-hybridized carbons (Fsp3) is 0.438. The van der Waals surface area contributed by atoms with Gasteiger partial charge in [0.05, 0.1) is 29.4 Å². The second-order valence-electron chi connectivity index (χ2n) is 5.65. The van der Waals surface area contributed by atoms with Gasteiger partial charge in [-0.3, -0.25) is 9.59 Å². The number of carbonyl (C=O) groups excluding carboxylic acids is 2. The van der Waals surface area contributed by atoms with E-state index in [0.717, 1.165) is 16.5 Å². The number of nitrogens with one attached hydrogen (secondary N) is 1. The third-order valence-corrected chi connectivity index (χ3v) is 4.68. The Morgan fingerprint density at radius 1 is 1.57 bits per heavy atom. The average Bonchev–Trinajstić information content (AvgIpc) is 3.23. The van der Waals surface area contributed by atoms with E-state index in [1.807, 2.05) is 18.4 Å². The van der Waals surface area contributed by atoms with Gasteiger partial charge >= 0.3 is 0 Å². The molecule has 3 rings (SSSR count). The van der Waals surface area contributed by atoms with Crippen molar-refractivity contribution in [2.45, 2.75) is 26.3 Å². The van der Waals surface area contributed by atoms with Gasteiger partial charge in [-0.15, -0.1) is 11.3 Å². The number of thiazole rings is 1. The Hall–Kier alpha value is -2.15. The van der Waals surface area contributed by atoms with Gasteiger partial charge in [-0.2, -0.15) is 0 Å². The second kappa shape index (κ2) is 6.95. The van der Waals surface area contributed by atoms with Crippen LogP contribution in [-0.2, 0) is 22.6 Å². The van der Waals surface area contributed by atoms with Crippen molar-refractivity contribution in [1.29, 1.82) is 0 Å². The molecule has 2 aromatic heterocycles. The smallest absolute Gasteiger partial charge is 0.225 e. The zero-order valence-corrected chi connectivity index (χ0v) is 13.8. The van der Waals surface area contributed by atoms with E-state index < -0.39 is 0 Å². The second-order valence-corrected chi connectivity index (χ2v) is 6.72. The lowest BCUT2D eigenvalue weighted by molar-refractivity contribution is -0.129.